The van der Waals surface area contributed by atoms with Gasteiger partial charge in [-0.05, 0) is 47.1 Å². The molecule has 0 aliphatic carbocycles. The summed E-state index contributed by atoms with van der Waals surface area (Å²) < 4.78 is 24.4. The molecule has 0 saturated heterocycles. The smallest absolute Gasteiger partial charge is 0.146 e. The van der Waals surface area contributed by atoms with Gasteiger partial charge in [0, 0.05) is 12.1 Å². The summed E-state index contributed by atoms with van der Waals surface area (Å²) in [6.07, 6.45) is 0. The van der Waals surface area contributed by atoms with Gasteiger partial charge in [0.1, 0.15) is 29.7 Å². The van der Waals surface area contributed by atoms with Crippen molar-refractivity contribution in [2.75, 3.05) is 0 Å². The molecule has 0 radical (unpaired) electrons. The molecule has 2 aromatic rings. The topological polar surface area (TPSA) is 48.4 Å². The average Bonchev–Trinajstić information content (AvgIpc) is 2.71. The summed E-state index contributed by atoms with van der Waals surface area (Å²) in [4.78, 5) is 0. The van der Waals surface area contributed by atoms with E-state index in [-0.39, 0.29) is 5.82 Å². The van der Waals surface area contributed by atoms with Crippen LogP contribution in [0.15, 0.2) is 33.2 Å². The standard InChI is InChI=1S/C13H13BrFNO2/c1-8-9(6-16)4-11(18-8)7-17-10-2-3-13(15)12(14)5-10/h2-5H,6-7,16H2,1H3. The zero-order valence-corrected chi connectivity index (χ0v) is 11.5. The summed E-state index contributed by atoms with van der Waals surface area (Å²) in [6, 6.07) is 6.36. The molecule has 0 spiro atoms. The van der Waals surface area contributed by atoms with Crippen LogP contribution >= 0.6 is 15.9 Å². The Kier molecular flexibility index (Phi) is 4.04. The second-order valence-electron chi connectivity index (χ2n) is 3.86. The van der Waals surface area contributed by atoms with Crippen LogP contribution in [0.1, 0.15) is 17.1 Å². The molecule has 1 aromatic carbocycles. The number of nitrogens with two attached hydrogens (primary N) is 1. The molecule has 0 bridgehead atoms. The zero-order valence-electron chi connectivity index (χ0n) is 9.87. The van der Waals surface area contributed by atoms with Gasteiger partial charge in [0.05, 0.1) is 4.47 Å². The largest absolute Gasteiger partial charge is 0.486 e. The summed E-state index contributed by atoms with van der Waals surface area (Å²) in [6.45, 7) is 2.59. The van der Waals surface area contributed by atoms with Crippen LogP contribution < -0.4 is 10.5 Å². The summed E-state index contributed by atoms with van der Waals surface area (Å²) >= 11 is 3.10. The van der Waals surface area contributed by atoms with Crippen molar-refractivity contribution in [3.63, 3.8) is 0 Å². The molecule has 0 aliphatic rings. The number of furan rings is 1. The van der Waals surface area contributed by atoms with Crippen LogP contribution in [0.4, 0.5) is 4.39 Å². The number of hydrogen-bond donors (Lipinski definition) is 1. The van der Waals surface area contributed by atoms with Gasteiger partial charge in [0.25, 0.3) is 0 Å². The lowest BCUT2D eigenvalue weighted by Crippen LogP contribution is -1.96. The molecule has 0 saturated carbocycles. The van der Waals surface area contributed by atoms with Crippen molar-refractivity contribution >= 4 is 15.9 Å². The minimum absolute atomic E-state index is 0.291. The summed E-state index contributed by atoms with van der Waals surface area (Å²) in [7, 11) is 0. The maximum Gasteiger partial charge on any atom is 0.146 e. The molecular formula is C13H13BrFNO2. The maximum atomic E-state index is 13.0. The predicted octanol–water partition coefficient (Wildman–Crippen LogP) is 3.53. The van der Waals surface area contributed by atoms with E-state index >= 15 is 0 Å². The Morgan fingerprint density at radius 3 is 2.78 bits per heavy atom. The molecule has 2 N–H and O–H groups in total. The van der Waals surface area contributed by atoms with E-state index in [1.165, 1.54) is 6.07 Å². The van der Waals surface area contributed by atoms with Crippen molar-refractivity contribution in [2.24, 2.45) is 5.73 Å². The van der Waals surface area contributed by atoms with Gasteiger partial charge in [-0.2, -0.15) is 0 Å². The van der Waals surface area contributed by atoms with Crippen molar-refractivity contribution in [3.8, 4) is 5.75 Å². The second kappa shape index (κ2) is 5.54. The molecule has 1 aromatic heterocycles. The third kappa shape index (κ3) is 2.91. The number of aryl methyl sites for hydroxylation is 1. The summed E-state index contributed by atoms with van der Waals surface area (Å²) in [5.41, 5.74) is 6.53. The van der Waals surface area contributed by atoms with Gasteiger partial charge in [-0.1, -0.05) is 0 Å². The van der Waals surface area contributed by atoms with Crippen LogP contribution in [0, 0.1) is 12.7 Å². The monoisotopic (exact) mass is 313 g/mol. The molecular weight excluding hydrogens is 301 g/mol. The quantitative estimate of drug-likeness (QED) is 0.939. The lowest BCUT2D eigenvalue weighted by Gasteiger charge is -2.04. The SMILES string of the molecule is Cc1oc(COc2ccc(F)c(Br)c2)cc1CN. The third-order valence-electron chi connectivity index (χ3n) is 2.56. The van der Waals surface area contributed by atoms with Gasteiger partial charge in [-0.25, -0.2) is 4.39 Å². The minimum Gasteiger partial charge on any atom is -0.486 e. The second-order valence-corrected chi connectivity index (χ2v) is 4.72. The zero-order chi connectivity index (χ0) is 13.1. The molecule has 5 heteroatoms. The Balaban J connectivity index is 2.04. The highest BCUT2D eigenvalue weighted by molar-refractivity contribution is 9.10. The first kappa shape index (κ1) is 13.1. The molecule has 3 nitrogen and oxygen atoms in total. The van der Waals surface area contributed by atoms with Crippen LogP contribution in [0.3, 0.4) is 0 Å². The van der Waals surface area contributed by atoms with Gasteiger partial charge in [0.2, 0.25) is 0 Å². The van der Waals surface area contributed by atoms with Crippen LogP contribution in [-0.2, 0) is 13.2 Å². The minimum atomic E-state index is -0.318. The highest BCUT2D eigenvalue weighted by atomic mass is 79.9. The van der Waals surface area contributed by atoms with E-state index in [0.717, 1.165) is 11.3 Å². The van der Waals surface area contributed by atoms with E-state index < -0.39 is 0 Å². The molecule has 0 unspecified atom stereocenters. The van der Waals surface area contributed by atoms with Crippen molar-refractivity contribution in [1.29, 1.82) is 0 Å². The van der Waals surface area contributed by atoms with Gasteiger partial charge in [0.15, 0.2) is 0 Å². The van der Waals surface area contributed by atoms with E-state index in [1.807, 2.05) is 13.0 Å². The highest BCUT2D eigenvalue weighted by Gasteiger charge is 2.07. The van der Waals surface area contributed by atoms with Crippen LogP contribution in [-0.4, -0.2) is 0 Å². The van der Waals surface area contributed by atoms with Gasteiger partial charge >= 0.3 is 0 Å². The van der Waals surface area contributed by atoms with Crippen LogP contribution in [0.5, 0.6) is 5.75 Å². The Hall–Kier alpha value is -1.33. The number of rotatable bonds is 4. The molecule has 18 heavy (non-hydrogen) atoms. The molecule has 2 rings (SSSR count). The highest BCUT2D eigenvalue weighted by Crippen LogP contribution is 2.23. The van der Waals surface area contributed by atoms with E-state index in [1.54, 1.807) is 12.1 Å². The fraction of sp³-hybridized carbons (Fsp3) is 0.231. The first-order valence-electron chi connectivity index (χ1n) is 5.46. The first-order valence-corrected chi connectivity index (χ1v) is 6.25. The Morgan fingerprint density at radius 2 is 2.17 bits per heavy atom. The molecule has 0 atom stereocenters. The van der Waals surface area contributed by atoms with E-state index in [2.05, 4.69) is 15.9 Å². The van der Waals surface area contributed by atoms with Crippen LogP contribution in [0.2, 0.25) is 0 Å². The van der Waals surface area contributed by atoms with E-state index in [0.29, 0.717) is 29.1 Å². The van der Waals surface area contributed by atoms with Crippen molar-refractivity contribution in [2.45, 2.75) is 20.1 Å². The van der Waals surface area contributed by atoms with E-state index in [9.17, 15) is 4.39 Å². The van der Waals surface area contributed by atoms with Crippen LogP contribution in [0.25, 0.3) is 0 Å². The van der Waals surface area contributed by atoms with Crippen molar-refractivity contribution < 1.29 is 13.5 Å². The number of benzene rings is 1. The summed E-state index contributed by atoms with van der Waals surface area (Å²) in [5, 5.41) is 0. The Morgan fingerprint density at radius 1 is 1.39 bits per heavy atom. The van der Waals surface area contributed by atoms with Gasteiger partial charge in [-0.3, -0.25) is 0 Å². The van der Waals surface area contributed by atoms with Gasteiger partial charge < -0.3 is 14.9 Å². The summed E-state index contributed by atoms with van der Waals surface area (Å²) in [5.74, 6) is 1.76. The Bertz CT molecular complexity index is 554. The molecule has 0 aliphatic heterocycles. The lowest BCUT2D eigenvalue weighted by molar-refractivity contribution is 0.267. The van der Waals surface area contributed by atoms with Gasteiger partial charge in [-0.15, -0.1) is 0 Å². The molecule has 96 valence electrons. The fourth-order valence-electron chi connectivity index (χ4n) is 1.58. The first-order chi connectivity index (χ1) is 8.60. The molecule has 1 heterocycles. The normalized spacial score (nSPS) is 10.7. The number of ether oxygens (including phenoxy) is 1. The molecule has 0 fully saturated rings. The number of halogens is 2. The van der Waals surface area contributed by atoms with Crippen molar-refractivity contribution in [1.82, 2.24) is 0 Å². The number of hydrogen-bond acceptors (Lipinski definition) is 3. The van der Waals surface area contributed by atoms with Crippen molar-refractivity contribution in [3.05, 3.63) is 51.6 Å². The predicted molar refractivity (Wildman–Crippen MR) is 69.8 cm³/mol. The fourth-order valence-corrected chi connectivity index (χ4v) is 1.94. The molecule has 0 amide bonds. The third-order valence-corrected chi connectivity index (χ3v) is 3.17. The van der Waals surface area contributed by atoms with E-state index in [4.69, 9.17) is 14.9 Å². The lowest BCUT2D eigenvalue weighted by atomic mass is 10.2. The average molecular weight is 314 g/mol. The maximum absolute atomic E-state index is 13.0. The Labute approximate surface area is 113 Å².